The molecule has 0 radical (unpaired) electrons. The van der Waals surface area contributed by atoms with Gasteiger partial charge in [-0.3, -0.25) is 0 Å². The lowest BCUT2D eigenvalue weighted by Crippen LogP contribution is -1.95. The lowest BCUT2D eigenvalue weighted by Gasteiger charge is -1.96. The molecule has 0 fully saturated rings. The summed E-state index contributed by atoms with van der Waals surface area (Å²) in [4.78, 5) is 10.5. The van der Waals surface area contributed by atoms with E-state index in [-0.39, 0.29) is 11.8 Å². The van der Waals surface area contributed by atoms with Gasteiger partial charge < -0.3 is 9.52 Å². The largest absolute Gasteiger partial charge is 0.474 e. The molecule has 0 saturated heterocycles. The van der Waals surface area contributed by atoms with E-state index < -0.39 is 5.97 Å². The number of hydrogen-bond acceptors (Lipinski definition) is 4. The van der Waals surface area contributed by atoms with Crippen molar-refractivity contribution < 1.29 is 14.3 Å². The zero-order valence-electron chi connectivity index (χ0n) is 8.05. The van der Waals surface area contributed by atoms with Crippen molar-refractivity contribution in [3.05, 3.63) is 46.1 Å². The van der Waals surface area contributed by atoms with Crippen LogP contribution in [0.15, 0.2) is 33.2 Å². The number of carbonyl (C=O) groups is 1. The normalized spacial score (nSPS) is 10.3. The van der Waals surface area contributed by atoms with Crippen LogP contribution in [-0.4, -0.2) is 21.3 Å². The summed E-state index contributed by atoms with van der Waals surface area (Å²) in [6.07, 6.45) is 0.416. The van der Waals surface area contributed by atoms with Crippen LogP contribution in [0, 0.1) is 0 Å². The monoisotopic (exact) mass is 282 g/mol. The molecule has 0 spiro atoms. The molecule has 2 aromatic rings. The number of rotatable bonds is 3. The second-order valence-corrected chi connectivity index (χ2v) is 4.03. The zero-order chi connectivity index (χ0) is 11.5. The highest BCUT2D eigenvalue weighted by molar-refractivity contribution is 9.10. The van der Waals surface area contributed by atoms with Crippen LogP contribution >= 0.6 is 15.9 Å². The van der Waals surface area contributed by atoms with Crippen LogP contribution in [-0.2, 0) is 6.42 Å². The van der Waals surface area contributed by atoms with E-state index in [1.165, 1.54) is 0 Å². The number of benzene rings is 1. The number of hydrogen-bond donors (Lipinski definition) is 1. The fraction of sp³-hybridized carbons (Fsp3) is 0.100. The maximum absolute atomic E-state index is 10.5. The molecule has 1 N–H and O–H groups in total. The molecule has 6 heteroatoms. The molecule has 5 nitrogen and oxygen atoms in total. The van der Waals surface area contributed by atoms with E-state index in [4.69, 9.17) is 9.52 Å². The maximum Gasteiger partial charge on any atom is 0.393 e. The van der Waals surface area contributed by atoms with E-state index >= 15 is 0 Å². The van der Waals surface area contributed by atoms with Crippen LogP contribution in [0.3, 0.4) is 0 Å². The molecule has 1 aromatic heterocycles. The molecule has 0 aliphatic heterocycles. The highest BCUT2D eigenvalue weighted by atomic mass is 79.9. The first-order valence-electron chi connectivity index (χ1n) is 4.45. The summed E-state index contributed by atoms with van der Waals surface area (Å²) < 4.78 is 5.90. The molecule has 2 rings (SSSR count). The van der Waals surface area contributed by atoms with Gasteiger partial charge >= 0.3 is 11.9 Å². The van der Waals surface area contributed by atoms with Crippen LogP contribution < -0.4 is 0 Å². The predicted octanol–water partition coefficient (Wildman–Crippen LogP) is 2.12. The Labute approximate surface area is 99.2 Å². The van der Waals surface area contributed by atoms with Crippen molar-refractivity contribution in [2.45, 2.75) is 6.42 Å². The van der Waals surface area contributed by atoms with Gasteiger partial charge in [-0.15, -0.1) is 10.2 Å². The Balaban J connectivity index is 2.17. The summed E-state index contributed by atoms with van der Waals surface area (Å²) in [5.41, 5.74) is 0.968. The molecule has 1 heterocycles. The van der Waals surface area contributed by atoms with Crippen molar-refractivity contribution in [3.8, 4) is 0 Å². The summed E-state index contributed by atoms with van der Waals surface area (Å²) in [5.74, 6) is -1.31. The van der Waals surface area contributed by atoms with Crippen molar-refractivity contribution in [1.82, 2.24) is 10.2 Å². The molecule has 0 bridgehead atoms. The van der Waals surface area contributed by atoms with Crippen molar-refractivity contribution in [2.24, 2.45) is 0 Å². The van der Waals surface area contributed by atoms with Gasteiger partial charge in [0.2, 0.25) is 5.89 Å². The Kier molecular flexibility index (Phi) is 3.00. The minimum absolute atomic E-state index is 0.288. The average molecular weight is 283 g/mol. The first-order valence-corrected chi connectivity index (χ1v) is 5.24. The third-order valence-corrected chi connectivity index (χ3v) is 2.39. The summed E-state index contributed by atoms with van der Waals surface area (Å²) in [6, 6.07) is 7.59. The van der Waals surface area contributed by atoms with Crippen LogP contribution in [0.4, 0.5) is 0 Å². The number of nitrogens with zero attached hydrogens (tertiary/aromatic N) is 2. The van der Waals surface area contributed by atoms with Gasteiger partial charge in [0.05, 0.1) is 6.42 Å². The fourth-order valence-electron chi connectivity index (χ4n) is 1.23. The topological polar surface area (TPSA) is 76.2 Å². The molecule has 82 valence electrons. The first kappa shape index (κ1) is 10.8. The lowest BCUT2D eigenvalue weighted by atomic mass is 10.1. The van der Waals surface area contributed by atoms with E-state index in [9.17, 15) is 4.79 Å². The minimum atomic E-state index is -1.21. The molecule has 1 aromatic carbocycles. The Bertz CT molecular complexity index is 524. The van der Waals surface area contributed by atoms with Crippen molar-refractivity contribution >= 4 is 21.9 Å². The van der Waals surface area contributed by atoms with Crippen LogP contribution in [0.2, 0.25) is 0 Å². The Morgan fingerprint density at radius 2 is 2.25 bits per heavy atom. The summed E-state index contributed by atoms with van der Waals surface area (Å²) in [7, 11) is 0. The van der Waals surface area contributed by atoms with Gasteiger partial charge in [0.1, 0.15) is 0 Å². The van der Waals surface area contributed by atoms with Crippen LogP contribution in [0.5, 0.6) is 0 Å². The van der Waals surface area contributed by atoms with Crippen molar-refractivity contribution in [1.29, 1.82) is 0 Å². The van der Waals surface area contributed by atoms with E-state index in [0.717, 1.165) is 10.0 Å². The smallest absolute Gasteiger partial charge is 0.393 e. The van der Waals surface area contributed by atoms with Crippen molar-refractivity contribution in [3.63, 3.8) is 0 Å². The molecule has 0 aliphatic rings. The third kappa shape index (κ3) is 2.46. The Morgan fingerprint density at radius 1 is 1.44 bits per heavy atom. The van der Waals surface area contributed by atoms with Gasteiger partial charge in [-0.2, -0.15) is 0 Å². The van der Waals surface area contributed by atoms with E-state index in [2.05, 4.69) is 26.1 Å². The van der Waals surface area contributed by atoms with Gasteiger partial charge in [-0.25, -0.2) is 4.79 Å². The van der Waals surface area contributed by atoms with E-state index in [1.54, 1.807) is 0 Å². The van der Waals surface area contributed by atoms with Crippen molar-refractivity contribution in [2.75, 3.05) is 0 Å². The maximum atomic E-state index is 10.5. The second-order valence-electron chi connectivity index (χ2n) is 3.11. The minimum Gasteiger partial charge on any atom is -0.474 e. The zero-order valence-corrected chi connectivity index (χ0v) is 9.64. The summed E-state index contributed by atoms with van der Waals surface area (Å²) in [5, 5.41) is 15.7. The number of halogens is 1. The molecule has 0 unspecified atom stereocenters. The Hall–Kier alpha value is -1.69. The molecular formula is C10H7BrN2O3. The van der Waals surface area contributed by atoms with Gasteiger partial charge in [-0.05, 0) is 17.7 Å². The summed E-state index contributed by atoms with van der Waals surface area (Å²) in [6.45, 7) is 0. The highest BCUT2D eigenvalue weighted by Gasteiger charge is 2.12. The SMILES string of the molecule is O=C(O)c1nnc(Cc2cccc(Br)c2)o1. The third-order valence-electron chi connectivity index (χ3n) is 1.89. The molecule has 0 atom stereocenters. The van der Waals surface area contributed by atoms with Crippen LogP contribution in [0.1, 0.15) is 22.1 Å². The summed E-state index contributed by atoms with van der Waals surface area (Å²) >= 11 is 3.34. The molecule has 0 amide bonds. The average Bonchev–Trinajstić information content (AvgIpc) is 2.66. The second kappa shape index (κ2) is 4.44. The number of carboxylic acids is 1. The number of aromatic carboxylic acids is 1. The quantitative estimate of drug-likeness (QED) is 0.933. The Morgan fingerprint density at radius 3 is 2.88 bits per heavy atom. The molecule has 0 aliphatic carbocycles. The predicted molar refractivity (Wildman–Crippen MR) is 58.2 cm³/mol. The highest BCUT2D eigenvalue weighted by Crippen LogP contribution is 2.14. The van der Waals surface area contributed by atoms with Gasteiger partial charge in [0, 0.05) is 4.47 Å². The number of aromatic nitrogens is 2. The number of carboxylic acid groups (broad SMARTS) is 1. The van der Waals surface area contributed by atoms with E-state index in [0.29, 0.717) is 6.42 Å². The standard InChI is InChI=1S/C10H7BrN2O3/c11-7-3-1-2-6(4-7)5-8-12-13-9(16-8)10(14)15/h1-4H,5H2,(H,14,15). The van der Waals surface area contributed by atoms with Crippen LogP contribution in [0.25, 0.3) is 0 Å². The van der Waals surface area contributed by atoms with Gasteiger partial charge in [0.15, 0.2) is 0 Å². The molecule has 0 saturated carbocycles. The first-order chi connectivity index (χ1) is 7.65. The molecule has 16 heavy (non-hydrogen) atoms. The lowest BCUT2D eigenvalue weighted by molar-refractivity contribution is 0.0651. The molecular weight excluding hydrogens is 276 g/mol. The van der Waals surface area contributed by atoms with E-state index in [1.807, 2.05) is 24.3 Å². The van der Waals surface area contributed by atoms with Gasteiger partial charge in [-0.1, -0.05) is 28.1 Å². The fourth-order valence-corrected chi connectivity index (χ4v) is 1.68. The van der Waals surface area contributed by atoms with Gasteiger partial charge in [0.25, 0.3) is 0 Å².